The maximum absolute atomic E-state index is 13.7. The second kappa shape index (κ2) is 8.20. The summed E-state index contributed by atoms with van der Waals surface area (Å²) in [6, 6.07) is 20.2. The van der Waals surface area contributed by atoms with Crippen LogP contribution < -0.4 is 0 Å². The molecule has 160 valence electrons. The van der Waals surface area contributed by atoms with Crippen molar-refractivity contribution in [1.82, 2.24) is 4.90 Å². The molecule has 0 spiro atoms. The average molecular weight is 407 g/mol. The predicted molar refractivity (Wildman–Crippen MR) is 122 cm³/mol. The van der Waals surface area contributed by atoms with Crippen LogP contribution in [0, 0.1) is 5.41 Å². The molecule has 1 fully saturated rings. The van der Waals surface area contributed by atoms with E-state index in [1.807, 2.05) is 102 Å². The van der Waals surface area contributed by atoms with Gasteiger partial charge in [-0.25, -0.2) is 0 Å². The highest BCUT2D eigenvalue weighted by Crippen LogP contribution is 2.43. The van der Waals surface area contributed by atoms with Crippen molar-refractivity contribution in [2.45, 2.75) is 72.2 Å². The molecule has 1 atom stereocenters. The number of rotatable bonds is 5. The number of amides is 1. The van der Waals surface area contributed by atoms with Gasteiger partial charge in [0.05, 0.1) is 17.1 Å². The van der Waals surface area contributed by atoms with Gasteiger partial charge in [-0.3, -0.25) is 4.79 Å². The summed E-state index contributed by atoms with van der Waals surface area (Å²) in [5.41, 5.74) is 0.588. The van der Waals surface area contributed by atoms with E-state index in [0.717, 1.165) is 11.1 Å². The Labute approximate surface area is 181 Å². The van der Waals surface area contributed by atoms with Crippen molar-refractivity contribution in [1.29, 1.82) is 0 Å². The molecule has 1 amide bonds. The molecule has 1 aliphatic heterocycles. The Balaban J connectivity index is 2.09. The zero-order valence-electron chi connectivity index (χ0n) is 19.3. The molecule has 0 saturated carbocycles. The van der Waals surface area contributed by atoms with Crippen molar-refractivity contribution >= 4 is 13.0 Å². The van der Waals surface area contributed by atoms with Gasteiger partial charge in [0.15, 0.2) is 0 Å². The van der Waals surface area contributed by atoms with E-state index < -0.39 is 23.7 Å². The van der Waals surface area contributed by atoms with Gasteiger partial charge < -0.3 is 14.2 Å². The van der Waals surface area contributed by atoms with Crippen LogP contribution in [0.25, 0.3) is 0 Å². The maximum Gasteiger partial charge on any atom is 0.486 e. The quantitative estimate of drug-likeness (QED) is 0.620. The Morgan fingerprint density at radius 3 is 1.83 bits per heavy atom. The minimum Gasteiger partial charge on any atom is -0.402 e. The van der Waals surface area contributed by atoms with Gasteiger partial charge in [0.1, 0.15) is 0 Å². The van der Waals surface area contributed by atoms with E-state index in [1.165, 1.54) is 0 Å². The highest BCUT2D eigenvalue weighted by atomic mass is 16.7. The van der Waals surface area contributed by atoms with Crippen LogP contribution in [0.3, 0.4) is 0 Å². The van der Waals surface area contributed by atoms with E-state index in [-0.39, 0.29) is 11.8 Å². The van der Waals surface area contributed by atoms with Gasteiger partial charge in [-0.2, -0.15) is 0 Å². The molecule has 2 aromatic rings. The summed E-state index contributed by atoms with van der Waals surface area (Å²) < 4.78 is 12.9. The first-order chi connectivity index (χ1) is 13.9. The molecule has 0 radical (unpaired) electrons. The zero-order chi connectivity index (χ0) is 22.2. The van der Waals surface area contributed by atoms with Crippen molar-refractivity contribution in [3.63, 3.8) is 0 Å². The number of benzene rings is 2. The molecular formula is C25H34BNO3. The van der Waals surface area contributed by atoms with Gasteiger partial charge in [-0.15, -0.1) is 0 Å². The second-order valence-electron chi connectivity index (χ2n) is 10.1. The van der Waals surface area contributed by atoms with Crippen LogP contribution in [-0.2, 0) is 20.6 Å². The van der Waals surface area contributed by atoms with Crippen LogP contribution in [0.4, 0.5) is 0 Å². The molecule has 0 unspecified atom stereocenters. The van der Waals surface area contributed by atoms with E-state index in [1.54, 1.807) is 0 Å². The number of carbonyl (C=O) groups excluding carboxylic acids is 1. The molecule has 3 rings (SSSR count). The summed E-state index contributed by atoms with van der Waals surface area (Å²) in [6.45, 7) is 14.5. The van der Waals surface area contributed by atoms with Crippen LogP contribution in [-0.4, -0.2) is 29.1 Å². The lowest BCUT2D eigenvalue weighted by molar-refractivity contribution is -0.141. The van der Waals surface area contributed by atoms with Crippen LogP contribution in [0.1, 0.15) is 65.5 Å². The van der Waals surface area contributed by atoms with E-state index in [9.17, 15) is 4.79 Å². The molecule has 4 nitrogen and oxygen atoms in total. The second-order valence-corrected chi connectivity index (χ2v) is 10.1. The molecule has 0 bridgehead atoms. The van der Waals surface area contributed by atoms with E-state index in [2.05, 4.69) is 12.1 Å². The smallest absolute Gasteiger partial charge is 0.402 e. The molecule has 0 aromatic heterocycles. The monoisotopic (exact) mass is 407 g/mol. The number of hydrogen-bond acceptors (Lipinski definition) is 3. The lowest BCUT2D eigenvalue weighted by Crippen LogP contribution is -2.48. The first-order valence-electron chi connectivity index (χ1n) is 10.7. The van der Waals surface area contributed by atoms with Gasteiger partial charge in [-0.1, -0.05) is 81.4 Å². The Kier molecular flexibility index (Phi) is 6.17. The Hall–Kier alpha value is -2.11. The van der Waals surface area contributed by atoms with Crippen molar-refractivity contribution in [3.05, 3.63) is 71.8 Å². The third kappa shape index (κ3) is 4.63. The van der Waals surface area contributed by atoms with Crippen LogP contribution in [0.5, 0.6) is 0 Å². The third-order valence-corrected chi connectivity index (χ3v) is 6.10. The molecule has 30 heavy (non-hydrogen) atoms. The third-order valence-electron chi connectivity index (χ3n) is 6.10. The molecule has 1 aliphatic rings. The maximum atomic E-state index is 13.7. The van der Waals surface area contributed by atoms with Crippen molar-refractivity contribution in [2.24, 2.45) is 5.41 Å². The number of hydrogen-bond donors (Lipinski definition) is 0. The Morgan fingerprint density at radius 2 is 1.37 bits per heavy atom. The molecule has 0 aliphatic carbocycles. The number of nitrogens with zero attached hydrogens (tertiary/aromatic N) is 1. The summed E-state index contributed by atoms with van der Waals surface area (Å²) in [5, 5.41) is 0. The molecule has 1 heterocycles. The van der Waals surface area contributed by atoms with Gasteiger partial charge >= 0.3 is 7.12 Å². The Morgan fingerprint density at radius 1 is 0.900 bits per heavy atom. The van der Waals surface area contributed by atoms with Crippen molar-refractivity contribution < 1.29 is 14.1 Å². The van der Waals surface area contributed by atoms with Crippen molar-refractivity contribution in [3.8, 4) is 0 Å². The highest BCUT2D eigenvalue weighted by Gasteiger charge is 2.56. The van der Waals surface area contributed by atoms with Crippen LogP contribution in [0.2, 0.25) is 0 Å². The van der Waals surface area contributed by atoms with E-state index in [4.69, 9.17) is 9.31 Å². The molecule has 1 saturated heterocycles. The SMILES string of the molecule is CC(C)(C)C(=O)N(Cc1ccccc1)[C@H](B1OC(C)(C)C(C)(C)O1)c1ccccc1. The fraction of sp³-hybridized carbons (Fsp3) is 0.480. The fourth-order valence-electron chi connectivity index (χ4n) is 3.66. The molecule has 5 heteroatoms. The van der Waals surface area contributed by atoms with E-state index in [0.29, 0.717) is 6.54 Å². The lowest BCUT2D eigenvalue weighted by atomic mass is 9.72. The molecule has 2 aromatic carbocycles. The number of carbonyl (C=O) groups is 1. The first kappa shape index (κ1) is 22.6. The summed E-state index contributed by atoms with van der Waals surface area (Å²) in [7, 11) is -0.563. The molecular weight excluding hydrogens is 373 g/mol. The van der Waals surface area contributed by atoms with Crippen LogP contribution >= 0.6 is 0 Å². The lowest BCUT2D eigenvalue weighted by Gasteiger charge is -2.37. The topological polar surface area (TPSA) is 38.8 Å². The van der Waals surface area contributed by atoms with Gasteiger partial charge in [0, 0.05) is 12.0 Å². The van der Waals surface area contributed by atoms with Gasteiger partial charge in [0.2, 0.25) is 5.91 Å². The first-order valence-corrected chi connectivity index (χ1v) is 10.7. The standard InChI is InChI=1S/C25H34BNO3/c1-23(2,3)22(28)27(18-19-14-10-8-11-15-19)21(20-16-12-9-13-17-20)26-29-24(4,5)25(6,7)30-26/h8-17,21H,18H2,1-7H3/t21-/m0/s1. The summed E-state index contributed by atoms with van der Waals surface area (Å²) >= 11 is 0. The van der Waals surface area contributed by atoms with Crippen molar-refractivity contribution in [2.75, 3.05) is 0 Å². The predicted octanol–water partition coefficient (Wildman–Crippen LogP) is 5.43. The Bertz CT molecular complexity index is 843. The minimum atomic E-state index is -0.563. The highest BCUT2D eigenvalue weighted by molar-refractivity contribution is 6.47. The fourth-order valence-corrected chi connectivity index (χ4v) is 3.66. The normalized spacial score (nSPS) is 18.8. The summed E-state index contributed by atoms with van der Waals surface area (Å²) in [5.74, 6) is -0.297. The summed E-state index contributed by atoms with van der Waals surface area (Å²) in [6.07, 6.45) is 0. The van der Waals surface area contributed by atoms with Crippen LogP contribution in [0.15, 0.2) is 60.7 Å². The summed E-state index contributed by atoms with van der Waals surface area (Å²) in [4.78, 5) is 15.6. The van der Waals surface area contributed by atoms with Gasteiger partial charge in [0.25, 0.3) is 0 Å². The van der Waals surface area contributed by atoms with E-state index >= 15 is 0 Å². The molecule has 0 N–H and O–H groups in total. The zero-order valence-corrected chi connectivity index (χ0v) is 19.3. The minimum absolute atomic E-state index is 0.0647. The largest absolute Gasteiger partial charge is 0.486 e. The average Bonchev–Trinajstić information content (AvgIpc) is 2.88. The van der Waals surface area contributed by atoms with Gasteiger partial charge in [-0.05, 0) is 38.8 Å².